The van der Waals surface area contributed by atoms with Crippen molar-refractivity contribution in [1.82, 2.24) is 0 Å². The van der Waals surface area contributed by atoms with Gasteiger partial charge in [-0.05, 0) is 121 Å². The van der Waals surface area contributed by atoms with Crippen molar-refractivity contribution >= 4 is 58.1 Å². The third-order valence-electron chi connectivity index (χ3n) is 12.6. The minimum atomic E-state index is -0.744. The highest BCUT2D eigenvalue weighted by atomic mass is 127. The van der Waals surface area contributed by atoms with Crippen molar-refractivity contribution in [2.24, 2.45) is 40.4 Å². The first-order valence-electron chi connectivity index (χ1n) is 16.7. The molecule has 0 amide bonds. The molecular weight excluding hydrogens is 723 g/mol. The summed E-state index contributed by atoms with van der Waals surface area (Å²) in [5, 5.41) is 0. The normalized spacial score (nSPS) is 38.7. The highest BCUT2D eigenvalue weighted by Crippen LogP contribution is 2.72. The summed E-state index contributed by atoms with van der Waals surface area (Å²) in [6.07, 6.45) is 4.96. The van der Waals surface area contributed by atoms with Gasteiger partial charge in [-0.15, -0.1) is 11.6 Å². The highest BCUT2D eigenvalue weighted by molar-refractivity contribution is 14.1. The number of carbonyl (C=O) groups is 4. The van der Waals surface area contributed by atoms with Crippen molar-refractivity contribution in [1.29, 1.82) is 0 Å². The average Bonchev–Trinajstić information content (AvgIpc) is 3.28. The van der Waals surface area contributed by atoms with E-state index in [1.807, 2.05) is 18.2 Å². The van der Waals surface area contributed by atoms with Crippen LogP contribution in [0.3, 0.4) is 0 Å². The van der Waals surface area contributed by atoms with E-state index in [0.717, 1.165) is 22.8 Å². The van der Waals surface area contributed by atoms with E-state index < -0.39 is 16.4 Å². The Hall–Kier alpha value is -1.88. The van der Waals surface area contributed by atoms with E-state index >= 15 is 0 Å². The first-order chi connectivity index (χ1) is 21.6. The lowest BCUT2D eigenvalue weighted by Gasteiger charge is -2.65. The Labute approximate surface area is 291 Å². The van der Waals surface area contributed by atoms with E-state index in [0.29, 0.717) is 37.7 Å². The van der Waals surface area contributed by atoms with Crippen LogP contribution >= 0.6 is 34.2 Å². The SMILES string of the molecule is COC(=O)CC[C@@H](C)[C@@]1(Cl)CC[C@H]2[C@@H]3[C@H](OC(=O)c4cccc(I)c4)C[C@@H]4C[C@H](OC(C)=O)CC[C@]4(C)[C@H]3C[C@H](OC(C)=O)[C@@]21C. The van der Waals surface area contributed by atoms with Crippen LogP contribution in [0.15, 0.2) is 24.3 Å². The summed E-state index contributed by atoms with van der Waals surface area (Å²) < 4.78 is 24.4. The Bertz CT molecular complexity index is 1350. The zero-order valence-corrected chi connectivity index (χ0v) is 30.7. The molecule has 10 heteroatoms. The van der Waals surface area contributed by atoms with E-state index in [4.69, 9.17) is 30.5 Å². The molecule has 254 valence electrons. The van der Waals surface area contributed by atoms with Crippen LogP contribution < -0.4 is 0 Å². The minimum absolute atomic E-state index is 0.00324. The number of carbonyl (C=O) groups excluding carboxylic acids is 4. The van der Waals surface area contributed by atoms with Gasteiger partial charge in [0.2, 0.25) is 0 Å². The number of alkyl halides is 1. The molecule has 0 N–H and O–H groups in total. The maximum Gasteiger partial charge on any atom is 0.338 e. The van der Waals surface area contributed by atoms with Gasteiger partial charge in [0.15, 0.2) is 0 Å². The summed E-state index contributed by atoms with van der Waals surface area (Å²) in [5.41, 5.74) is -0.230. The lowest BCUT2D eigenvalue weighted by atomic mass is 9.43. The van der Waals surface area contributed by atoms with E-state index in [1.165, 1.54) is 21.0 Å². The Morgan fingerprint density at radius 2 is 1.70 bits per heavy atom. The van der Waals surface area contributed by atoms with Crippen LogP contribution in [0.5, 0.6) is 0 Å². The Morgan fingerprint density at radius 1 is 0.978 bits per heavy atom. The molecule has 0 bridgehead atoms. The van der Waals surface area contributed by atoms with Gasteiger partial charge in [0.05, 0.1) is 17.5 Å². The quantitative estimate of drug-likeness (QED) is 0.116. The Balaban J connectivity index is 1.56. The fourth-order valence-electron chi connectivity index (χ4n) is 10.3. The lowest BCUT2D eigenvalue weighted by Crippen LogP contribution is -2.66. The second-order valence-electron chi connectivity index (χ2n) is 14.7. The second kappa shape index (κ2) is 13.6. The van der Waals surface area contributed by atoms with Crippen LogP contribution in [0, 0.1) is 44.0 Å². The summed E-state index contributed by atoms with van der Waals surface area (Å²) in [6.45, 7) is 9.50. The Morgan fingerprint density at radius 3 is 2.35 bits per heavy atom. The number of hydrogen-bond acceptors (Lipinski definition) is 8. The molecule has 0 radical (unpaired) electrons. The summed E-state index contributed by atoms with van der Waals surface area (Å²) in [4.78, 5) is 49.7. The van der Waals surface area contributed by atoms with Crippen LogP contribution in [-0.4, -0.2) is 54.2 Å². The molecule has 46 heavy (non-hydrogen) atoms. The molecule has 1 aromatic rings. The number of methoxy groups -OCH3 is 1. The summed E-state index contributed by atoms with van der Waals surface area (Å²) in [7, 11) is 1.39. The minimum Gasteiger partial charge on any atom is -0.469 e. The van der Waals surface area contributed by atoms with Crippen molar-refractivity contribution in [2.45, 2.75) is 116 Å². The first kappa shape index (κ1) is 35.4. The number of rotatable bonds is 8. The van der Waals surface area contributed by atoms with E-state index in [-0.39, 0.29) is 77.5 Å². The van der Waals surface area contributed by atoms with Gasteiger partial charge in [0.1, 0.15) is 18.3 Å². The van der Waals surface area contributed by atoms with Gasteiger partial charge in [-0.25, -0.2) is 4.79 Å². The molecule has 0 aliphatic heterocycles. The topological polar surface area (TPSA) is 105 Å². The maximum atomic E-state index is 13.8. The van der Waals surface area contributed by atoms with Crippen molar-refractivity contribution in [3.8, 4) is 0 Å². The van der Waals surface area contributed by atoms with Gasteiger partial charge >= 0.3 is 23.9 Å². The summed E-state index contributed by atoms with van der Waals surface area (Å²) in [5.74, 6) is -1.01. The zero-order chi connectivity index (χ0) is 33.6. The van der Waals surface area contributed by atoms with Crippen LogP contribution in [0.4, 0.5) is 0 Å². The second-order valence-corrected chi connectivity index (χ2v) is 16.6. The van der Waals surface area contributed by atoms with Crippen LogP contribution in [0.1, 0.15) is 103 Å². The molecule has 0 heterocycles. The molecule has 0 unspecified atom stereocenters. The largest absolute Gasteiger partial charge is 0.469 e. The predicted octanol–water partition coefficient (Wildman–Crippen LogP) is 7.51. The van der Waals surface area contributed by atoms with E-state index in [1.54, 1.807) is 6.07 Å². The molecule has 0 spiro atoms. The number of esters is 4. The molecule has 4 fully saturated rings. The fraction of sp³-hybridized carbons (Fsp3) is 0.722. The van der Waals surface area contributed by atoms with Crippen LogP contribution in [0.25, 0.3) is 0 Å². The molecule has 4 aliphatic carbocycles. The monoisotopic (exact) mass is 770 g/mol. The van der Waals surface area contributed by atoms with Crippen molar-refractivity contribution in [2.75, 3.05) is 7.11 Å². The van der Waals surface area contributed by atoms with Crippen molar-refractivity contribution < 1.29 is 38.1 Å². The van der Waals surface area contributed by atoms with Gasteiger partial charge in [0, 0.05) is 35.2 Å². The highest BCUT2D eigenvalue weighted by Gasteiger charge is 2.72. The van der Waals surface area contributed by atoms with Crippen molar-refractivity contribution in [3.05, 3.63) is 33.4 Å². The van der Waals surface area contributed by atoms with Gasteiger partial charge in [-0.3, -0.25) is 14.4 Å². The maximum absolute atomic E-state index is 13.8. The number of fused-ring (bicyclic) bond motifs is 5. The molecular formula is C36H48ClIO8. The van der Waals surface area contributed by atoms with Gasteiger partial charge in [0.25, 0.3) is 0 Å². The Kier molecular flexibility index (Phi) is 10.4. The molecule has 0 saturated heterocycles. The first-order valence-corrected chi connectivity index (χ1v) is 18.2. The average molecular weight is 771 g/mol. The molecule has 8 nitrogen and oxygen atoms in total. The standard InChI is InChI=1S/C36H48ClIO8/c1-20(10-11-31(41)43-6)36(37)15-13-27-32-28(19-30(35(27,36)5)45-22(3)40)34(4)14-12-26(44-21(2)39)17-24(34)18-29(32)46-33(42)23-8-7-9-25(38)16-23/h7-9,16,20,24,26-30,32H,10-15,17-19H2,1-6H3/t20-,24+,26-,27+,28+,29-,30+,32+,34+,35-,36+/m1/s1. The molecule has 1 aromatic carbocycles. The van der Waals surface area contributed by atoms with Gasteiger partial charge in [-0.2, -0.15) is 0 Å². The number of ether oxygens (including phenoxy) is 4. The summed E-state index contributed by atoms with van der Waals surface area (Å²) >= 11 is 9.98. The number of halogens is 2. The van der Waals surface area contributed by atoms with Crippen LogP contribution in [0.2, 0.25) is 0 Å². The third-order valence-corrected chi connectivity index (χ3v) is 14.2. The van der Waals surface area contributed by atoms with Gasteiger partial charge < -0.3 is 18.9 Å². The molecule has 0 aromatic heterocycles. The zero-order valence-electron chi connectivity index (χ0n) is 27.8. The molecule has 5 rings (SSSR count). The predicted molar refractivity (Wildman–Crippen MR) is 181 cm³/mol. The van der Waals surface area contributed by atoms with Crippen LogP contribution in [-0.2, 0) is 33.3 Å². The van der Waals surface area contributed by atoms with Gasteiger partial charge in [-0.1, -0.05) is 26.8 Å². The number of hydrogen-bond donors (Lipinski definition) is 0. The molecule has 11 atom stereocenters. The lowest BCUT2D eigenvalue weighted by molar-refractivity contribution is -0.216. The third kappa shape index (κ3) is 6.32. The smallest absolute Gasteiger partial charge is 0.338 e. The summed E-state index contributed by atoms with van der Waals surface area (Å²) in [6, 6.07) is 7.43. The molecule has 4 aliphatic rings. The molecule has 4 saturated carbocycles. The number of benzene rings is 1. The van der Waals surface area contributed by atoms with E-state index in [2.05, 4.69) is 43.4 Å². The van der Waals surface area contributed by atoms with E-state index in [9.17, 15) is 19.2 Å². The fourth-order valence-corrected chi connectivity index (χ4v) is 11.3. The van der Waals surface area contributed by atoms with Crippen molar-refractivity contribution in [3.63, 3.8) is 0 Å².